The van der Waals surface area contributed by atoms with Gasteiger partial charge >= 0.3 is 0 Å². The number of hydrogen-bond acceptors (Lipinski definition) is 6. The van der Waals surface area contributed by atoms with E-state index in [9.17, 15) is 10.1 Å². The number of morpholine rings is 1. The van der Waals surface area contributed by atoms with Gasteiger partial charge in [0, 0.05) is 30.8 Å². The molecular formula is C18H23N3O4. The summed E-state index contributed by atoms with van der Waals surface area (Å²) in [5, 5.41) is 14.1. The highest BCUT2D eigenvalue weighted by Crippen LogP contribution is 2.24. The summed E-state index contributed by atoms with van der Waals surface area (Å²) in [6, 6.07) is 10.2. The lowest BCUT2D eigenvalue weighted by Crippen LogP contribution is -2.37. The first-order chi connectivity index (χ1) is 12.2. The van der Waals surface area contributed by atoms with Gasteiger partial charge in [0.05, 0.1) is 24.7 Å². The number of nitrogens with zero attached hydrogens (tertiary/aromatic N) is 2. The molecule has 1 aliphatic heterocycles. The van der Waals surface area contributed by atoms with Crippen LogP contribution >= 0.6 is 0 Å². The fourth-order valence-electron chi connectivity index (χ4n) is 2.84. The monoisotopic (exact) mass is 345 g/mol. The number of rotatable bonds is 8. The zero-order valence-electron chi connectivity index (χ0n) is 14.1. The summed E-state index contributed by atoms with van der Waals surface area (Å²) < 4.78 is 11.1. The first-order valence-electron chi connectivity index (χ1n) is 8.57. The number of ether oxygens (including phenoxy) is 1. The Morgan fingerprint density at radius 1 is 1.12 bits per heavy atom. The van der Waals surface area contributed by atoms with E-state index in [-0.39, 0.29) is 5.69 Å². The SMILES string of the molecule is O=[N+]([O-])c1ccc(-c2ccc(CNCCCN3CCOCC3)o2)cc1. The molecule has 0 aliphatic carbocycles. The second kappa shape index (κ2) is 8.75. The first-order valence-corrected chi connectivity index (χ1v) is 8.57. The molecule has 7 nitrogen and oxygen atoms in total. The van der Waals surface area contributed by atoms with Crippen molar-refractivity contribution in [1.29, 1.82) is 0 Å². The lowest BCUT2D eigenvalue weighted by Gasteiger charge is -2.26. The van der Waals surface area contributed by atoms with Crippen LogP contribution in [0.2, 0.25) is 0 Å². The van der Waals surface area contributed by atoms with Crippen molar-refractivity contribution in [2.24, 2.45) is 0 Å². The Balaban J connectivity index is 1.41. The van der Waals surface area contributed by atoms with Crippen LogP contribution in [0.1, 0.15) is 12.2 Å². The second-order valence-corrected chi connectivity index (χ2v) is 6.05. The van der Waals surface area contributed by atoms with Crippen LogP contribution < -0.4 is 5.32 Å². The molecule has 3 rings (SSSR count). The van der Waals surface area contributed by atoms with Crippen LogP contribution in [-0.2, 0) is 11.3 Å². The normalized spacial score (nSPS) is 15.4. The number of nitrogens with one attached hydrogen (secondary N) is 1. The van der Waals surface area contributed by atoms with Crippen LogP contribution in [0.15, 0.2) is 40.8 Å². The molecule has 25 heavy (non-hydrogen) atoms. The number of benzene rings is 1. The minimum absolute atomic E-state index is 0.0810. The topological polar surface area (TPSA) is 80.8 Å². The van der Waals surface area contributed by atoms with Crippen LogP contribution in [0.3, 0.4) is 0 Å². The van der Waals surface area contributed by atoms with Gasteiger partial charge in [-0.15, -0.1) is 0 Å². The molecule has 2 heterocycles. The summed E-state index contributed by atoms with van der Waals surface area (Å²) in [4.78, 5) is 12.7. The molecule has 1 N–H and O–H groups in total. The van der Waals surface area contributed by atoms with Crippen LogP contribution in [0.5, 0.6) is 0 Å². The number of nitro benzene ring substituents is 1. The summed E-state index contributed by atoms with van der Waals surface area (Å²) in [7, 11) is 0. The molecule has 1 aromatic heterocycles. The van der Waals surface area contributed by atoms with Gasteiger partial charge in [-0.2, -0.15) is 0 Å². The average molecular weight is 345 g/mol. The molecule has 134 valence electrons. The average Bonchev–Trinajstić information content (AvgIpc) is 3.11. The minimum Gasteiger partial charge on any atom is -0.460 e. The Kier molecular flexibility index (Phi) is 6.16. The highest BCUT2D eigenvalue weighted by Gasteiger charge is 2.10. The van der Waals surface area contributed by atoms with E-state index in [0.29, 0.717) is 6.54 Å². The highest BCUT2D eigenvalue weighted by molar-refractivity contribution is 5.59. The van der Waals surface area contributed by atoms with Gasteiger partial charge in [0.15, 0.2) is 0 Å². The molecule has 0 atom stereocenters. The van der Waals surface area contributed by atoms with Crippen molar-refractivity contribution in [2.75, 3.05) is 39.4 Å². The Morgan fingerprint density at radius 2 is 1.88 bits per heavy atom. The van der Waals surface area contributed by atoms with Crippen LogP contribution in [0, 0.1) is 10.1 Å². The molecule has 7 heteroatoms. The maximum atomic E-state index is 10.7. The molecule has 2 aromatic rings. The van der Waals surface area contributed by atoms with E-state index >= 15 is 0 Å². The minimum atomic E-state index is -0.405. The maximum Gasteiger partial charge on any atom is 0.269 e. The van der Waals surface area contributed by atoms with Crippen molar-refractivity contribution >= 4 is 5.69 Å². The molecule has 1 aromatic carbocycles. The number of furan rings is 1. The molecule has 0 saturated carbocycles. The van der Waals surface area contributed by atoms with Gasteiger partial charge < -0.3 is 14.5 Å². The number of non-ortho nitro benzene ring substituents is 1. The predicted octanol–water partition coefficient (Wildman–Crippen LogP) is 2.67. The Hall–Kier alpha value is -2.22. The third-order valence-corrected chi connectivity index (χ3v) is 4.26. The van der Waals surface area contributed by atoms with Crippen LogP contribution in [-0.4, -0.2) is 49.2 Å². The summed E-state index contributed by atoms with van der Waals surface area (Å²) in [6.07, 6.45) is 1.09. The first kappa shape index (κ1) is 17.6. The van der Waals surface area contributed by atoms with Crippen molar-refractivity contribution < 1.29 is 14.1 Å². The fraction of sp³-hybridized carbons (Fsp3) is 0.444. The molecule has 0 unspecified atom stereocenters. The molecule has 0 bridgehead atoms. The van der Waals surface area contributed by atoms with Gasteiger partial charge in [-0.1, -0.05) is 0 Å². The van der Waals surface area contributed by atoms with Crippen molar-refractivity contribution in [3.63, 3.8) is 0 Å². The predicted molar refractivity (Wildman–Crippen MR) is 94.4 cm³/mol. The molecule has 0 amide bonds. The smallest absolute Gasteiger partial charge is 0.269 e. The van der Waals surface area contributed by atoms with E-state index in [4.69, 9.17) is 9.15 Å². The zero-order chi connectivity index (χ0) is 17.5. The molecule has 0 spiro atoms. The molecule has 1 saturated heterocycles. The van der Waals surface area contributed by atoms with Gasteiger partial charge in [0.2, 0.25) is 0 Å². The molecule has 1 aliphatic rings. The van der Waals surface area contributed by atoms with Crippen molar-refractivity contribution in [1.82, 2.24) is 10.2 Å². The van der Waals surface area contributed by atoms with E-state index in [1.807, 2.05) is 12.1 Å². The van der Waals surface area contributed by atoms with Gasteiger partial charge in [-0.25, -0.2) is 0 Å². The molecule has 1 fully saturated rings. The quantitative estimate of drug-likeness (QED) is 0.450. The highest BCUT2D eigenvalue weighted by atomic mass is 16.6. The zero-order valence-corrected chi connectivity index (χ0v) is 14.1. The van der Waals surface area contributed by atoms with E-state index in [2.05, 4.69) is 10.2 Å². The van der Waals surface area contributed by atoms with Crippen molar-refractivity contribution in [3.05, 3.63) is 52.3 Å². The largest absolute Gasteiger partial charge is 0.460 e. The fourth-order valence-corrected chi connectivity index (χ4v) is 2.84. The maximum absolute atomic E-state index is 10.7. The Bertz CT molecular complexity index is 678. The van der Waals surface area contributed by atoms with Crippen LogP contribution in [0.4, 0.5) is 5.69 Å². The Morgan fingerprint density at radius 3 is 2.60 bits per heavy atom. The third kappa shape index (κ3) is 5.12. The summed E-state index contributed by atoms with van der Waals surface area (Å²) in [5.74, 6) is 1.58. The summed E-state index contributed by atoms with van der Waals surface area (Å²) in [6.45, 7) is 6.42. The van der Waals surface area contributed by atoms with E-state index in [1.54, 1.807) is 12.1 Å². The van der Waals surface area contributed by atoms with E-state index in [1.165, 1.54) is 12.1 Å². The summed E-state index contributed by atoms with van der Waals surface area (Å²) >= 11 is 0. The van der Waals surface area contributed by atoms with Gasteiger partial charge in [0.1, 0.15) is 11.5 Å². The molecule has 0 radical (unpaired) electrons. The summed E-state index contributed by atoms with van der Waals surface area (Å²) in [5.41, 5.74) is 0.918. The Labute approximate surface area is 146 Å². The van der Waals surface area contributed by atoms with Crippen molar-refractivity contribution in [2.45, 2.75) is 13.0 Å². The number of hydrogen-bond donors (Lipinski definition) is 1. The van der Waals surface area contributed by atoms with E-state index < -0.39 is 4.92 Å². The second-order valence-electron chi connectivity index (χ2n) is 6.05. The lowest BCUT2D eigenvalue weighted by molar-refractivity contribution is -0.384. The van der Waals surface area contributed by atoms with Crippen LogP contribution in [0.25, 0.3) is 11.3 Å². The van der Waals surface area contributed by atoms with Gasteiger partial charge in [0.25, 0.3) is 5.69 Å². The number of nitro groups is 1. The molecular weight excluding hydrogens is 322 g/mol. The van der Waals surface area contributed by atoms with E-state index in [0.717, 1.165) is 62.9 Å². The third-order valence-electron chi connectivity index (χ3n) is 4.26. The standard InChI is InChI=1S/C18H23N3O4/c22-21(23)16-4-2-15(3-5-16)18-7-6-17(25-18)14-19-8-1-9-20-10-12-24-13-11-20/h2-7,19H,1,8-14H2. The van der Waals surface area contributed by atoms with Gasteiger partial charge in [-0.3, -0.25) is 15.0 Å². The van der Waals surface area contributed by atoms with Gasteiger partial charge in [-0.05, 0) is 43.8 Å². The van der Waals surface area contributed by atoms with Crippen molar-refractivity contribution in [3.8, 4) is 11.3 Å². The lowest BCUT2D eigenvalue weighted by atomic mass is 10.1.